The van der Waals surface area contributed by atoms with Gasteiger partial charge in [0.05, 0.1) is 0 Å². The lowest BCUT2D eigenvalue weighted by Gasteiger charge is -1.95. The van der Waals surface area contributed by atoms with E-state index in [2.05, 4.69) is 19.1 Å². The molecule has 0 amide bonds. The van der Waals surface area contributed by atoms with Gasteiger partial charge < -0.3 is 4.79 Å². The molecule has 76 valence electrons. The summed E-state index contributed by atoms with van der Waals surface area (Å²) in [5.41, 5.74) is 0. The van der Waals surface area contributed by atoms with Crippen molar-refractivity contribution in [1.29, 1.82) is 0 Å². The molecule has 0 N–H and O–H groups in total. The summed E-state index contributed by atoms with van der Waals surface area (Å²) in [6.45, 7) is 2.20. The molecule has 0 atom stereocenters. The van der Waals surface area contributed by atoms with Crippen LogP contribution < -0.4 is 0 Å². The molecule has 0 fully saturated rings. The summed E-state index contributed by atoms with van der Waals surface area (Å²) in [7, 11) is 0. The fraction of sp³-hybridized carbons (Fsp3) is 0.750. The maximum absolute atomic E-state index is 10.0. The highest BCUT2D eigenvalue weighted by Gasteiger charge is 1.87. The van der Waals surface area contributed by atoms with Gasteiger partial charge in [-0.1, -0.05) is 38.3 Å². The predicted molar refractivity (Wildman–Crippen MR) is 57.8 cm³/mol. The van der Waals surface area contributed by atoms with Gasteiger partial charge in [-0.05, 0) is 25.7 Å². The Labute approximate surface area is 82.2 Å². The number of carbonyl (C=O) groups is 1. The van der Waals surface area contributed by atoms with Gasteiger partial charge in [-0.15, -0.1) is 0 Å². The zero-order valence-corrected chi connectivity index (χ0v) is 8.80. The van der Waals surface area contributed by atoms with Crippen LogP contribution in [0, 0.1) is 0 Å². The van der Waals surface area contributed by atoms with Crippen molar-refractivity contribution < 1.29 is 4.79 Å². The SMILES string of the molecule is CCC/C=C\CCCCCCC=O. The number of hydrogen-bond acceptors (Lipinski definition) is 1. The molecule has 0 heterocycles. The van der Waals surface area contributed by atoms with Crippen molar-refractivity contribution in [1.82, 2.24) is 0 Å². The van der Waals surface area contributed by atoms with E-state index in [0.29, 0.717) is 0 Å². The van der Waals surface area contributed by atoms with Crippen molar-refractivity contribution in [2.45, 2.75) is 58.3 Å². The van der Waals surface area contributed by atoms with Crippen LogP contribution >= 0.6 is 0 Å². The topological polar surface area (TPSA) is 17.1 Å². The quantitative estimate of drug-likeness (QED) is 0.300. The Morgan fingerprint density at radius 3 is 2.08 bits per heavy atom. The van der Waals surface area contributed by atoms with E-state index >= 15 is 0 Å². The first-order valence-electron chi connectivity index (χ1n) is 5.50. The lowest BCUT2D eigenvalue weighted by molar-refractivity contribution is -0.107. The van der Waals surface area contributed by atoms with Gasteiger partial charge in [0.2, 0.25) is 0 Å². The number of aldehydes is 1. The summed E-state index contributed by atoms with van der Waals surface area (Å²) >= 11 is 0. The highest BCUT2D eigenvalue weighted by molar-refractivity contribution is 5.48. The fourth-order valence-electron chi connectivity index (χ4n) is 1.25. The third kappa shape index (κ3) is 11.4. The summed E-state index contributed by atoms with van der Waals surface area (Å²) < 4.78 is 0. The molecule has 13 heavy (non-hydrogen) atoms. The van der Waals surface area contributed by atoms with Gasteiger partial charge in [-0.2, -0.15) is 0 Å². The first-order chi connectivity index (χ1) is 6.41. The lowest BCUT2D eigenvalue weighted by Crippen LogP contribution is -1.79. The third-order valence-electron chi connectivity index (χ3n) is 2.06. The number of unbranched alkanes of at least 4 members (excludes halogenated alkanes) is 6. The average Bonchev–Trinajstić information content (AvgIpc) is 2.16. The van der Waals surface area contributed by atoms with Gasteiger partial charge in [-0.3, -0.25) is 0 Å². The van der Waals surface area contributed by atoms with Crippen molar-refractivity contribution >= 4 is 6.29 Å². The monoisotopic (exact) mass is 182 g/mol. The minimum absolute atomic E-state index is 0.742. The molecule has 0 unspecified atom stereocenters. The van der Waals surface area contributed by atoms with Crippen LogP contribution in [0.2, 0.25) is 0 Å². The normalized spacial score (nSPS) is 10.8. The molecule has 0 aliphatic heterocycles. The summed E-state index contributed by atoms with van der Waals surface area (Å²) in [6.07, 6.45) is 14.8. The fourth-order valence-corrected chi connectivity index (χ4v) is 1.25. The molecular weight excluding hydrogens is 160 g/mol. The van der Waals surface area contributed by atoms with Crippen LogP contribution in [0.3, 0.4) is 0 Å². The van der Waals surface area contributed by atoms with Crippen LogP contribution in [0.5, 0.6) is 0 Å². The molecule has 0 aliphatic rings. The van der Waals surface area contributed by atoms with Crippen LogP contribution in [0.25, 0.3) is 0 Å². The van der Waals surface area contributed by atoms with Crippen molar-refractivity contribution in [2.75, 3.05) is 0 Å². The summed E-state index contributed by atoms with van der Waals surface area (Å²) in [6, 6.07) is 0. The van der Waals surface area contributed by atoms with E-state index < -0.39 is 0 Å². The lowest BCUT2D eigenvalue weighted by atomic mass is 10.1. The van der Waals surface area contributed by atoms with Crippen LogP contribution in [-0.4, -0.2) is 6.29 Å². The zero-order valence-electron chi connectivity index (χ0n) is 8.80. The summed E-state index contributed by atoms with van der Waals surface area (Å²) in [4.78, 5) is 10.0. The Hall–Kier alpha value is -0.590. The Morgan fingerprint density at radius 1 is 0.846 bits per heavy atom. The molecule has 0 rings (SSSR count). The maximum Gasteiger partial charge on any atom is 0.119 e. The molecule has 0 aliphatic carbocycles. The molecule has 0 aromatic rings. The molecule has 1 heteroatoms. The largest absolute Gasteiger partial charge is 0.303 e. The zero-order chi connectivity index (χ0) is 9.78. The van der Waals surface area contributed by atoms with E-state index in [1.807, 2.05) is 0 Å². The van der Waals surface area contributed by atoms with Crippen molar-refractivity contribution in [2.24, 2.45) is 0 Å². The van der Waals surface area contributed by atoms with Gasteiger partial charge in [0.25, 0.3) is 0 Å². The second-order valence-electron chi connectivity index (χ2n) is 3.42. The molecule has 0 saturated heterocycles. The third-order valence-corrected chi connectivity index (χ3v) is 2.06. The number of allylic oxidation sites excluding steroid dienone is 2. The number of rotatable bonds is 9. The van der Waals surface area contributed by atoms with E-state index in [1.54, 1.807) is 0 Å². The van der Waals surface area contributed by atoms with Gasteiger partial charge in [0, 0.05) is 6.42 Å². The predicted octanol–water partition coefficient (Wildman–Crippen LogP) is 3.88. The van der Waals surface area contributed by atoms with Crippen LogP contribution in [0.4, 0.5) is 0 Å². The molecule has 0 aromatic heterocycles. The smallest absolute Gasteiger partial charge is 0.119 e. The molecule has 0 bridgehead atoms. The van der Waals surface area contributed by atoms with Crippen LogP contribution in [0.15, 0.2) is 12.2 Å². The Kier molecular flexibility index (Phi) is 10.9. The maximum atomic E-state index is 10.0. The van der Waals surface area contributed by atoms with E-state index in [4.69, 9.17) is 0 Å². The molecule has 1 nitrogen and oxygen atoms in total. The minimum atomic E-state index is 0.742. The van der Waals surface area contributed by atoms with Gasteiger partial charge >= 0.3 is 0 Å². The van der Waals surface area contributed by atoms with Crippen molar-refractivity contribution in [3.8, 4) is 0 Å². The number of hydrogen-bond donors (Lipinski definition) is 0. The standard InChI is InChI=1S/C12H22O/c1-2-3-4-5-6-7-8-9-10-11-12-13/h4-5,12H,2-3,6-11H2,1H3/b5-4-. The van der Waals surface area contributed by atoms with E-state index in [1.165, 1.54) is 38.5 Å². The molecule has 0 saturated carbocycles. The van der Waals surface area contributed by atoms with Crippen molar-refractivity contribution in [3.05, 3.63) is 12.2 Å². The van der Waals surface area contributed by atoms with Gasteiger partial charge in [0.15, 0.2) is 0 Å². The van der Waals surface area contributed by atoms with Gasteiger partial charge in [-0.25, -0.2) is 0 Å². The molecular formula is C12H22O. The molecule has 0 spiro atoms. The Balaban J connectivity index is 2.94. The molecule has 0 radical (unpaired) electrons. The minimum Gasteiger partial charge on any atom is -0.303 e. The van der Waals surface area contributed by atoms with E-state index in [0.717, 1.165) is 19.1 Å². The van der Waals surface area contributed by atoms with Crippen molar-refractivity contribution in [3.63, 3.8) is 0 Å². The van der Waals surface area contributed by atoms with E-state index in [-0.39, 0.29) is 0 Å². The second kappa shape index (κ2) is 11.4. The van der Waals surface area contributed by atoms with E-state index in [9.17, 15) is 4.79 Å². The second-order valence-corrected chi connectivity index (χ2v) is 3.42. The van der Waals surface area contributed by atoms with Crippen LogP contribution in [0.1, 0.15) is 58.3 Å². The Bertz CT molecular complexity index is 127. The first kappa shape index (κ1) is 12.4. The number of carbonyl (C=O) groups excluding carboxylic acids is 1. The molecule has 0 aromatic carbocycles. The summed E-state index contributed by atoms with van der Waals surface area (Å²) in [5.74, 6) is 0. The Morgan fingerprint density at radius 2 is 1.46 bits per heavy atom. The summed E-state index contributed by atoms with van der Waals surface area (Å²) in [5, 5.41) is 0. The highest BCUT2D eigenvalue weighted by Crippen LogP contribution is 2.05. The van der Waals surface area contributed by atoms with Crippen LogP contribution in [-0.2, 0) is 4.79 Å². The highest BCUT2D eigenvalue weighted by atomic mass is 16.1. The average molecular weight is 182 g/mol. The first-order valence-corrected chi connectivity index (χ1v) is 5.50. The van der Waals surface area contributed by atoms with Gasteiger partial charge in [0.1, 0.15) is 6.29 Å².